The molecule has 31 heavy (non-hydrogen) atoms. The average Bonchev–Trinajstić information content (AvgIpc) is 3.13. The van der Waals surface area contributed by atoms with Gasteiger partial charge in [-0.2, -0.15) is 0 Å². The topological polar surface area (TPSA) is 60.9 Å². The Bertz CT molecular complexity index is 1000. The van der Waals surface area contributed by atoms with Crippen LogP contribution in [0.2, 0.25) is 0 Å². The van der Waals surface area contributed by atoms with Crippen molar-refractivity contribution in [3.05, 3.63) is 65.7 Å². The Morgan fingerprint density at radius 2 is 1.68 bits per heavy atom. The first kappa shape index (κ1) is 21.8. The standard InChI is InChI=1S/C24H31N3O3S/c1-20-7-5-6-10-23(20)26-14-12-25(13-15-26)18-24(28)27(17-21-8-3-2-4-9-21)22-11-16-31(29,30)19-22/h2-10,22H,11-19H2,1H3. The highest BCUT2D eigenvalue weighted by Gasteiger charge is 2.35. The van der Waals surface area contributed by atoms with E-state index >= 15 is 0 Å². The van der Waals surface area contributed by atoms with Crippen LogP contribution in [0.5, 0.6) is 0 Å². The monoisotopic (exact) mass is 441 g/mol. The van der Waals surface area contributed by atoms with E-state index in [1.807, 2.05) is 30.3 Å². The number of benzene rings is 2. The Hall–Kier alpha value is -2.38. The summed E-state index contributed by atoms with van der Waals surface area (Å²) in [5.41, 5.74) is 3.56. The average molecular weight is 442 g/mol. The molecule has 2 aromatic rings. The summed E-state index contributed by atoms with van der Waals surface area (Å²) in [5.74, 6) is 0.271. The third-order valence-corrected chi connectivity index (χ3v) is 8.10. The van der Waals surface area contributed by atoms with Crippen molar-refractivity contribution < 1.29 is 13.2 Å². The molecule has 0 aliphatic carbocycles. The smallest absolute Gasteiger partial charge is 0.237 e. The summed E-state index contributed by atoms with van der Waals surface area (Å²) in [6.45, 7) is 6.34. The van der Waals surface area contributed by atoms with Gasteiger partial charge in [-0.25, -0.2) is 8.42 Å². The molecule has 0 aromatic heterocycles. The first-order chi connectivity index (χ1) is 14.9. The molecule has 2 aromatic carbocycles. The first-order valence-corrected chi connectivity index (χ1v) is 12.8. The Kier molecular flexibility index (Phi) is 6.62. The highest BCUT2D eigenvalue weighted by Crippen LogP contribution is 2.23. The van der Waals surface area contributed by atoms with E-state index in [0.717, 1.165) is 31.7 Å². The summed E-state index contributed by atoms with van der Waals surface area (Å²) >= 11 is 0. The van der Waals surface area contributed by atoms with E-state index in [1.54, 1.807) is 4.90 Å². The van der Waals surface area contributed by atoms with E-state index < -0.39 is 9.84 Å². The second-order valence-electron chi connectivity index (χ2n) is 8.61. The molecule has 0 N–H and O–H groups in total. The number of nitrogens with zero attached hydrogens (tertiary/aromatic N) is 3. The van der Waals surface area contributed by atoms with E-state index in [2.05, 4.69) is 41.0 Å². The summed E-state index contributed by atoms with van der Waals surface area (Å²) in [6.07, 6.45) is 0.530. The number of rotatable bonds is 6. The minimum atomic E-state index is -3.06. The van der Waals surface area contributed by atoms with Gasteiger partial charge in [0.15, 0.2) is 9.84 Å². The minimum Gasteiger partial charge on any atom is -0.369 e. The van der Waals surface area contributed by atoms with Crippen molar-refractivity contribution in [2.45, 2.75) is 25.9 Å². The maximum absolute atomic E-state index is 13.3. The highest BCUT2D eigenvalue weighted by atomic mass is 32.2. The van der Waals surface area contributed by atoms with Crippen LogP contribution in [0.1, 0.15) is 17.5 Å². The van der Waals surface area contributed by atoms with Gasteiger partial charge >= 0.3 is 0 Å². The van der Waals surface area contributed by atoms with Gasteiger partial charge in [0.2, 0.25) is 5.91 Å². The lowest BCUT2D eigenvalue weighted by atomic mass is 10.1. The van der Waals surface area contributed by atoms with Gasteiger partial charge < -0.3 is 9.80 Å². The molecule has 0 saturated carbocycles. The van der Waals surface area contributed by atoms with Crippen LogP contribution in [0.3, 0.4) is 0 Å². The fourth-order valence-corrected chi connectivity index (χ4v) is 6.30. The van der Waals surface area contributed by atoms with Gasteiger partial charge in [0, 0.05) is 44.5 Å². The van der Waals surface area contributed by atoms with E-state index in [-0.39, 0.29) is 23.5 Å². The van der Waals surface area contributed by atoms with Crippen LogP contribution < -0.4 is 4.90 Å². The van der Waals surface area contributed by atoms with Gasteiger partial charge in [-0.1, -0.05) is 48.5 Å². The lowest BCUT2D eigenvalue weighted by molar-refractivity contribution is -0.135. The van der Waals surface area contributed by atoms with Crippen molar-refractivity contribution in [3.63, 3.8) is 0 Å². The Morgan fingerprint density at radius 1 is 1.00 bits per heavy atom. The molecule has 6 nitrogen and oxygen atoms in total. The first-order valence-electron chi connectivity index (χ1n) is 11.0. The minimum absolute atomic E-state index is 0.0234. The van der Waals surface area contributed by atoms with Crippen molar-refractivity contribution in [2.75, 3.05) is 49.1 Å². The molecular weight excluding hydrogens is 410 g/mol. The van der Waals surface area contributed by atoms with Gasteiger partial charge in [-0.3, -0.25) is 9.69 Å². The molecule has 7 heteroatoms. The molecule has 2 saturated heterocycles. The number of carbonyl (C=O) groups excluding carboxylic acids is 1. The molecule has 0 radical (unpaired) electrons. The highest BCUT2D eigenvalue weighted by molar-refractivity contribution is 7.91. The predicted octanol–water partition coefficient (Wildman–Crippen LogP) is 2.33. The quantitative estimate of drug-likeness (QED) is 0.689. The second-order valence-corrected chi connectivity index (χ2v) is 10.8. The fourth-order valence-electron chi connectivity index (χ4n) is 4.57. The van der Waals surface area contributed by atoms with Crippen molar-refractivity contribution in [1.82, 2.24) is 9.80 Å². The number of para-hydroxylation sites is 1. The maximum Gasteiger partial charge on any atom is 0.237 e. The van der Waals surface area contributed by atoms with Crippen LogP contribution in [-0.4, -0.2) is 74.4 Å². The number of piperazine rings is 1. The Balaban J connectivity index is 1.40. The molecule has 2 fully saturated rings. The molecule has 1 amide bonds. The number of anilines is 1. The number of hydrogen-bond acceptors (Lipinski definition) is 5. The van der Waals surface area contributed by atoms with Crippen molar-refractivity contribution >= 4 is 21.4 Å². The van der Waals surface area contributed by atoms with Crippen molar-refractivity contribution in [2.24, 2.45) is 0 Å². The summed E-state index contributed by atoms with van der Waals surface area (Å²) in [7, 11) is -3.06. The van der Waals surface area contributed by atoms with Crippen LogP contribution in [0.25, 0.3) is 0 Å². The predicted molar refractivity (Wildman–Crippen MR) is 124 cm³/mol. The van der Waals surface area contributed by atoms with Crippen LogP contribution in [0.15, 0.2) is 54.6 Å². The zero-order chi connectivity index (χ0) is 21.8. The van der Waals surface area contributed by atoms with Crippen molar-refractivity contribution in [1.29, 1.82) is 0 Å². The zero-order valence-electron chi connectivity index (χ0n) is 18.1. The van der Waals surface area contributed by atoms with Gasteiger partial charge in [0.05, 0.1) is 18.1 Å². The molecule has 2 aliphatic rings. The van der Waals surface area contributed by atoms with Crippen LogP contribution in [0, 0.1) is 6.92 Å². The number of carbonyl (C=O) groups is 1. The van der Waals surface area contributed by atoms with Crippen LogP contribution in [0.4, 0.5) is 5.69 Å². The van der Waals surface area contributed by atoms with Crippen LogP contribution in [-0.2, 0) is 21.2 Å². The molecule has 1 unspecified atom stereocenters. The Labute approximate surface area is 185 Å². The van der Waals surface area contributed by atoms with E-state index in [0.29, 0.717) is 19.5 Å². The lowest BCUT2D eigenvalue weighted by Gasteiger charge is -2.38. The summed E-state index contributed by atoms with van der Waals surface area (Å²) in [6, 6.07) is 18.0. The molecule has 0 spiro atoms. The zero-order valence-corrected chi connectivity index (χ0v) is 18.9. The van der Waals surface area contributed by atoms with Gasteiger partial charge in [0.1, 0.15) is 0 Å². The second kappa shape index (κ2) is 9.40. The van der Waals surface area contributed by atoms with Crippen LogP contribution >= 0.6 is 0 Å². The number of amides is 1. The molecule has 4 rings (SSSR count). The molecule has 0 bridgehead atoms. The van der Waals surface area contributed by atoms with E-state index in [4.69, 9.17) is 0 Å². The number of hydrogen-bond donors (Lipinski definition) is 0. The van der Waals surface area contributed by atoms with Crippen molar-refractivity contribution in [3.8, 4) is 0 Å². The number of sulfone groups is 1. The largest absolute Gasteiger partial charge is 0.369 e. The summed E-state index contributed by atoms with van der Waals surface area (Å²) < 4.78 is 24.1. The number of aryl methyl sites for hydroxylation is 1. The van der Waals surface area contributed by atoms with E-state index in [1.165, 1.54) is 11.3 Å². The molecule has 2 aliphatic heterocycles. The van der Waals surface area contributed by atoms with Gasteiger partial charge in [-0.15, -0.1) is 0 Å². The maximum atomic E-state index is 13.3. The van der Waals surface area contributed by atoms with Gasteiger partial charge in [-0.05, 0) is 30.5 Å². The summed E-state index contributed by atoms with van der Waals surface area (Å²) in [4.78, 5) is 19.7. The fraction of sp³-hybridized carbons (Fsp3) is 0.458. The molecular formula is C24H31N3O3S. The normalized spacial score (nSPS) is 21.2. The molecule has 166 valence electrons. The van der Waals surface area contributed by atoms with E-state index in [9.17, 15) is 13.2 Å². The Morgan fingerprint density at radius 3 is 2.32 bits per heavy atom. The molecule has 1 atom stereocenters. The lowest BCUT2D eigenvalue weighted by Crippen LogP contribution is -2.51. The SMILES string of the molecule is Cc1ccccc1N1CCN(CC(=O)N(Cc2ccccc2)C2CCS(=O)(=O)C2)CC1. The molecule has 2 heterocycles. The van der Waals surface area contributed by atoms with Gasteiger partial charge in [0.25, 0.3) is 0 Å². The third-order valence-electron chi connectivity index (χ3n) is 6.35. The summed E-state index contributed by atoms with van der Waals surface area (Å²) in [5, 5.41) is 0. The third kappa shape index (κ3) is 5.46.